The fourth-order valence-corrected chi connectivity index (χ4v) is 0.518. The lowest BCUT2D eigenvalue weighted by Gasteiger charge is -1.82. The van der Waals surface area contributed by atoms with Crippen molar-refractivity contribution in [3.63, 3.8) is 0 Å². The predicted molar refractivity (Wildman–Crippen MR) is 24.8 cm³/mol. The van der Waals surface area contributed by atoms with E-state index in [1.54, 1.807) is 6.92 Å². The zero-order valence-corrected chi connectivity index (χ0v) is 4.05. The topological polar surface area (TPSA) is 26.3 Å². The van der Waals surface area contributed by atoms with Crippen molar-refractivity contribution in [2.45, 2.75) is 13.0 Å². The van der Waals surface area contributed by atoms with Crippen LogP contribution in [0.3, 0.4) is 0 Å². The molecule has 36 valence electrons. The molecule has 0 saturated heterocycles. The lowest BCUT2D eigenvalue weighted by Crippen LogP contribution is -1.90. The smallest absolute Gasteiger partial charge is 0.283 e. The summed E-state index contributed by atoms with van der Waals surface area (Å²) in [6.45, 7) is 1.79. The van der Waals surface area contributed by atoms with Gasteiger partial charge in [-0.3, -0.25) is 4.79 Å². The highest BCUT2D eigenvalue weighted by Gasteiger charge is 2.44. The fourth-order valence-electron chi connectivity index (χ4n) is 0.518. The molecule has 1 rings (SSSR count). The van der Waals surface area contributed by atoms with Crippen molar-refractivity contribution in [1.29, 1.82) is 0 Å². The van der Waals surface area contributed by atoms with Crippen molar-refractivity contribution >= 4 is 13.8 Å². The van der Waals surface area contributed by atoms with Gasteiger partial charge in [0.05, 0.1) is 0 Å². The Morgan fingerprint density at radius 1 is 1.86 bits per heavy atom. The van der Waals surface area contributed by atoms with Crippen molar-refractivity contribution in [3.8, 4) is 0 Å². The van der Waals surface area contributed by atoms with Crippen molar-refractivity contribution in [2.24, 2.45) is 5.92 Å². The van der Waals surface area contributed by atoms with Crippen LogP contribution >= 0.6 is 0 Å². The predicted octanol–water partition coefficient (Wildman–Crippen LogP) is -0.326. The quantitative estimate of drug-likeness (QED) is 0.418. The number of ketones is 1. The van der Waals surface area contributed by atoms with Crippen LogP contribution in [0.5, 0.6) is 0 Å². The molecule has 2 nitrogen and oxygen atoms in total. The number of carbonyl (C=O) groups excluding carboxylic acids is 1. The number of rotatable bonds is 1. The Labute approximate surface area is 43.3 Å². The molecule has 3 heteroatoms. The Hall–Kier alpha value is -0.305. The number of carbonyl (C=O) groups is 1. The van der Waals surface area contributed by atoms with Gasteiger partial charge < -0.3 is 4.65 Å². The summed E-state index contributed by atoms with van der Waals surface area (Å²) in [7, 11) is 4.69. The molecule has 2 unspecified atom stereocenters. The normalized spacial score (nSPS) is 38.7. The molecule has 2 atom stereocenters. The standard InChI is InChI=1S/C4H5BO2/c1-2-3(6)4(2)7-5/h2,4H,1H3. The summed E-state index contributed by atoms with van der Waals surface area (Å²) in [6, 6.07) is 0. The molecule has 2 radical (unpaired) electrons. The van der Waals surface area contributed by atoms with Gasteiger partial charge >= 0.3 is 0 Å². The molecule has 0 heterocycles. The van der Waals surface area contributed by atoms with Gasteiger partial charge in [-0.2, -0.15) is 0 Å². The van der Waals surface area contributed by atoms with Crippen LogP contribution in [-0.2, 0) is 9.45 Å². The Morgan fingerprint density at radius 2 is 2.29 bits per heavy atom. The van der Waals surface area contributed by atoms with E-state index in [4.69, 9.17) is 8.05 Å². The summed E-state index contributed by atoms with van der Waals surface area (Å²) in [6.07, 6.45) is -0.292. The molecule has 0 spiro atoms. The zero-order valence-electron chi connectivity index (χ0n) is 4.05. The summed E-state index contributed by atoms with van der Waals surface area (Å²) in [5, 5.41) is 0. The molecule has 1 aliphatic carbocycles. The van der Waals surface area contributed by atoms with Crippen molar-refractivity contribution in [1.82, 2.24) is 0 Å². The van der Waals surface area contributed by atoms with Crippen LogP contribution in [0, 0.1) is 5.92 Å². The summed E-state index contributed by atoms with van der Waals surface area (Å²) in [5.74, 6) is 0.160. The summed E-state index contributed by atoms with van der Waals surface area (Å²) >= 11 is 0. The second-order valence-electron chi connectivity index (χ2n) is 1.75. The van der Waals surface area contributed by atoms with Crippen molar-refractivity contribution < 1.29 is 9.45 Å². The van der Waals surface area contributed by atoms with Gasteiger partial charge in [-0.25, -0.2) is 0 Å². The maximum Gasteiger partial charge on any atom is 0.283 e. The Bertz CT molecular complexity index is 102. The third-order valence-corrected chi connectivity index (χ3v) is 1.22. The molecule has 0 amide bonds. The third-order valence-electron chi connectivity index (χ3n) is 1.22. The van der Waals surface area contributed by atoms with Crippen LogP contribution in [0.2, 0.25) is 0 Å². The highest BCUT2D eigenvalue weighted by atomic mass is 16.4. The van der Waals surface area contributed by atoms with E-state index in [1.165, 1.54) is 0 Å². The number of Topliss-reactive ketones (excluding diaryl/α,β-unsaturated/α-hetero) is 1. The molecule has 1 aliphatic rings. The largest absolute Gasteiger partial charge is 0.438 e. The molecular formula is C4H5BO2. The Balaban J connectivity index is 2.38. The van der Waals surface area contributed by atoms with Gasteiger partial charge in [-0.1, -0.05) is 6.92 Å². The van der Waals surface area contributed by atoms with Crippen LogP contribution in [-0.4, -0.2) is 19.9 Å². The summed E-state index contributed by atoms with van der Waals surface area (Å²) in [4.78, 5) is 10.2. The maximum atomic E-state index is 10.2. The average Bonchev–Trinajstić information content (AvgIpc) is 2.17. The molecule has 0 aliphatic heterocycles. The van der Waals surface area contributed by atoms with Crippen molar-refractivity contribution in [3.05, 3.63) is 0 Å². The molecule has 0 aromatic rings. The molecule has 0 N–H and O–H groups in total. The zero-order chi connectivity index (χ0) is 5.44. The minimum absolute atomic E-state index is 0.0463. The first-order valence-electron chi connectivity index (χ1n) is 2.16. The van der Waals surface area contributed by atoms with Gasteiger partial charge in [0.2, 0.25) is 0 Å². The second-order valence-corrected chi connectivity index (χ2v) is 1.75. The van der Waals surface area contributed by atoms with E-state index in [9.17, 15) is 4.79 Å². The highest BCUT2D eigenvalue weighted by molar-refractivity contribution is 6.07. The van der Waals surface area contributed by atoms with Gasteiger partial charge in [-0.05, 0) is 0 Å². The van der Waals surface area contributed by atoms with E-state index in [-0.39, 0.29) is 17.8 Å². The molecule has 0 aromatic heterocycles. The van der Waals surface area contributed by atoms with Gasteiger partial charge in [0.25, 0.3) is 8.05 Å². The molecule has 7 heavy (non-hydrogen) atoms. The van der Waals surface area contributed by atoms with Gasteiger partial charge in [0, 0.05) is 5.92 Å². The van der Waals surface area contributed by atoms with Crippen LogP contribution in [0.1, 0.15) is 6.92 Å². The molecule has 1 saturated carbocycles. The second kappa shape index (κ2) is 1.34. The fraction of sp³-hybridized carbons (Fsp3) is 0.750. The first kappa shape index (κ1) is 4.84. The third kappa shape index (κ3) is 0.568. The van der Waals surface area contributed by atoms with E-state index in [0.29, 0.717) is 0 Å². The SMILES string of the molecule is [B]OC1C(=O)C1C. The highest BCUT2D eigenvalue weighted by Crippen LogP contribution is 2.26. The van der Waals surface area contributed by atoms with E-state index in [0.717, 1.165) is 0 Å². The lowest BCUT2D eigenvalue weighted by atomic mass is 10.5. The minimum atomic E-state index is -0.292. The molecule has 0 bridgehead atoms. The van der Waals surface area contributed by atoms with Crippen LogP contribution in [0.4, 0.5) is 0 Å². The maximum absolute atomic E-state index is 10.2. The van der Waals surface area contributed by atoms with Crippen molar-refractivity contribution in [2.75, 3.05) is 0 Å². The molecular weight excluding hydrogens is 90.9 g/mol. The Kier molecular flexibility index (Phi) is 0.924. The number of hydrogen-bond donors (Lipinski definition) is 0. The van der Waals surface area contributed by atoms with E-state index >= 15 is 0 Å². The summed E-state index contributed by atoms with van der Waals surface area (Å²) < 4.78 is 4.24. The average molecular weight is 95.9 g/mol. The van der Waals surface area contributed by atoms with Crippen LogP contribution in [0.15, 0.2) is 0 Å². The minimum Gasteiger partial charge on any atom is -0.438 e. The first-order valence-corrected chi connectivity index (χ1v) is 2.16. The van der Waals surface area contributed by atoms with Crippen LogP contribution in [0.25, 0.3) is 0 Å². The summed E-state index contributed by atoms with van der Waals surface area (Å²) in [5.41, 5.74) is 0. The molecule has 0 aromatic carbocycles. The molecule has 1 fully saturated rings. The first-order chi connectivity index (χ1) is 3.27. The monoisotopic (exact) mass is 96.0 g/mol. The number of hydrogen-bond acceptors (Lipinski definition) is 2. The van der Waals surface area contributed by atoms with Gasteiger partial charge in [0.15, 0.2) is 5.78 Å². The van der Waals surface area contributed by atoms with Gasteiger partial charge in [0.1, 0.15) is 6.10 Å². The van der Waals surface area contributed by atoms with E-state index in [2.05, 4.69) is 4.65 Å². The Morgan fingerprint density at radius 3 is 2.29 bits per heavy atom. The van der Waals surface area contributed by atoms with Crippen LogP contribution < -0.4 is 0 Å². The lowest BCUT2D eigenvalue weighted by molar-refractivity contribution is -0.112. The van der Waals surface area contributed by atoms with E-state index in [1.807, 2.05) is 0 Å². The van der Waals surface area contributed by atoms with E-state index < -0.39 is 0 Å². The van der Waals surface area contributed by atoms with Gasteiger partial charge in [-0.15, -0.1) is 0 Å².